The molecule has 0 aromatic heterocycles. The molecule has 0 unspecified atom stereocenters. The Bertz CT molecular complexity index is 722. The van der Waals surface area contributed by atoms with E-state index in [1.54, 1.807) is 12.1 Å². The van der Waals surface area contributed by atoms with Gasteiger partial charge in [-0.15, -0.1) is 0 Å². The van der Waals surface area contributed by atoms with Crippen molar-refractivity contribution < 1.29 is 4.39 Å². The Balaban J connectivity index is 1.58. The summed E-state index contributed by atoms with van der Waals surface area (Å²) >= 11 is 0. The first-order valence-corrected chi connectivity index (χ1v) is 8.69. The molecule has 3 heteroatoms. The van der Waals surface area contributed by atoms with Crippen molar-refractivity contribution in [3.8, 4) is 0 Å². The number of nitrogens with zero attached hydrogens (tertiary/aromatic N) is 2. The standard InChI is InChI=1S/C21H23FN2/c1-3-16-4-6-17(7-5-16)14-18-10-12-24(13-11-18)21-9-8-19(23-2)15-20(21)22/h4-9,15,18H,3,10-14H2,1H3. The highest BCUT2D eigenvalue weighted by Gasteiger charge is 2.21. The molecule has 0 bridgehead atoms. The fraction of sp³-hybridized carbons (Fsp3) is 0.381. The Morgan fingerprint density at radius 1 is 1.08 bits per heavy atom. The van der Waals surface area contributed by atoms with Crippen LogP contribution in [0.3, 0.4) is 0 Å². The lowest BCUT2D eigenvalue weighted by atomic mass is 9.89. The number of aryl methyl sites for hydroxylation is 1. The van der Waals surface area contributed by atoms with Gasteiger partial charge >= 0.3 is 0 Å². The summed E-state index contributed by atoms with van der Waals surface area (Å²) in [7, 11) is 0. The highest BCUT2D eigenvalue weighted by Crippen LogP contribution is 2.29. The monoisotopic (exact) mass is 322 g/mol. The number of halogens is 1. The van der Waals surface area contributed by atoms with Crippen LogP contribution in [0.5, 0.6) is 0 Å². The molecule has 2 aromatic rings. The molecule has 0 radical (unpaired) electrons. The van der Waals surface area contributed by atoms with Crippen LogP contribution in [0, 0.1) is 18.3 Å². The topological polar surface area (TPSA) is 7.60 Å². The van der Waals surface area contributed by atoms with Crippen LogP contribution in [0.25, 0.3) is 4.85 Å². The average molecular weight is 322 g/mol. The maximum Gasteiger partial charge on any atom is 0.190 e. The molecule has 1 aliphatic heterocycles. The van der Waals surface area contributed by atoms with Gasteiger partial charge < -0.3 is 4.90 Å². The third kappa shape index (κ3) is 3.76. The molecule has 1 saturated heterocycles. The number of hydrogen-bond donors (Lipinski definition) is 0. The van der Waals surface area contributed by atoms with E-state index in [0.717, 1.165) is 38.8 Å². The zero-order valence-electron chi connectivity index (χ0n) is 14.1. The summed E-state index contributed by atoms with van der Waals surface area (Å²) in [6, 6.07) is 13.7. The lowest BCUT2D eigenvalue weighted by molar-refractivity contribution is 0.401. The van der Waals surface area contributed by atoms with Crippen LogP contribution in [-0.4, -0.2) is 13.1 Å². The minimum Gasteiger partial charge on any atom is -0.369 e. The van der Waals surface area contributed by atoms with Gasteiger partial charge in [-0.05, 0) is 54.9 Å². The Hall–Kier alpha value is -2.34. The van der Waals surface area contributed by atoms with Crippen LogP contribution in [0.4, 0.5) is 15.8 Å². The van der Waals surface area contributed by atoms with E-state index in [0.29, 0.717) is 17.3 Å². The first-order chi connectivity index (χ1) is 11.7. The molecule has 2 nitrogen and oxygen atoms in total. The molecule has 24 heavy (non-hydrogen) atoms. The highest BCUT2D eigenvalue weighted by atomic mass is 19.1. The zero-order valence-corrected chi connectivity index (χ0v) is 14.1. The zero-order chi connectivity index (χ0) is 16.9. The van der Waals surface area contributed by atoms with Crippen molar-refractivity contribution >= 4 is 11.4 Å². The van der Waals surface area contributed by atoms with Crippen LogP contribution >= 0.6 is 0 Å². The lowest BCUT2D eigenvalue weighted by Gasteiger charge is -2.34. The van der Waals surface area contributed by atoms with E-state index in [2.05, 4.69) is 40.9 Å². The maximum absolute atomic E-state index is 14.2. The van der Waals surface area contributed by atoms with E-state index < -0.39 is 0 Å². The van der Waals surface area contributed by atoms with E-state index in [4.69, 9.17) is 6.57 Å². The first kappa shape index (κ1) is 16.5. The normalized spacial score (nSPS) is 15.3. The van der Waals surface area contributed by atoms with Gasteiger partial charge in [0.05, 0.1) is 12.3 Å². The molecular formula is C21H23FN2. The van der Waals surface area contributed by atoms with Crippen molar-refractivity contribution in [2.75, 3.05) is 18.0 Å². The van der Waals surface area contributed by atoms with Gasteiger partial charge in [0.15, 0.2) is 5.69 Å². The number of hydrogen-bond acceptors (Lipinski definition) is 1. The average Bonchev–Trinajstić information content (AvgIpc) is 2.63. The van der Waals surface area contributed by atoms with Crippen molar-refractivity contribution in [3.63, 3.8) is 0 Å². The van der Waals surface area contributed by atoms with E-state index >= 15 is 0 Å². The van der Waals surface area contributed by atoms with Gasteiger partial charge in [0, 0.05) is 13.1 Å². The number of benzene rings is 2. The summed E-state index contributed by atoms with van der Waals surface area (Å²) in [5.41, 5.74) is 3.78. The van der Waals surface area contributed by atoms with Gasteiger partial charge in [0.2, 0.25) is 0 Å². The summed E-state index contributed by atoms with van der Waals surface area (Å²) < 4.78 is 14.2. The van der Waals surface area contributed by atoms with Gasteiger partial charge in [-0.25, -0.2) is 9.24 Å². The van der Waals surface area contributed by atoms with Crippen LogP contribution in [-0.2, 0) is 12.8 Å². The predicted octanol–water partition coefficient (Wildman–Crippen LogP) is 5.40. The molecule has 124 valence electrons. The van der Waals surface area contributed by atoms with Crippen molar-refractivity contribution in [3.05, 3.63) is 70.8 Å². The van der Waals surface area contributed by atoms with Crippen molar-refractivity contribution in [1.82, 2.24) is 0 Å². The molecular weight excluding hydrogens is 299 g/mol. The summed E-state index contributed by atoms with van der Waals surface area (Å²) in [4.78, 5) is 5.39. The smallest absolute Gasteiger partial charge is 0.190 e. The number of rotatable bonds is 4. The molecule has 0 saturated carbocycles. The minimum atomic E-state index is -0.280. The van der Waals surface area contributed by atoms with Gasteiger partial charge in [-0.3, -0.25) is 0 Å². The molecule has 2 aromatic carbocycles. The van der Waals surface area contributed by atoms with Crippen molar-refractivity contribution in [2.45, 2.75) is 32.6 Å². The molecule has 0 spiro atoms. The van der Waals surface area contributed by atoms with Crippen LogP contribution < -0.4 is 4.90 Å². The molecule has 1 fully saturated rings. The summed E-state index contributed by atoms with van der Waals surface area (Å²) in [5, 5.41) is 0. The van der Waals surface area contributed by atoms with E-state index in [1.165, 1.54) is 17.2 Å². The third-order valence-electron chi connectivity index (χ3n) is 4.97. The molecule has 0 N–H and O–H groups in total. The van der Waals surface area contributed by atoms with Crippen molar-refractivity contribution in [2.24, 2.45) is 5.92 Å². The van der Waals surface area contributed by atoms with Crippen LogP contribution in [0.15, 0.2) is 42.5 Å². The van der Waals surface area contributed by atoms with Gasteiger partial charge in [0.25, 0.3) is 0 Å². The summed E-state index contributed by atoms with van der Waals surface area (Å²) in [5.74, 6) is 0.386. The van der Waals surface area contributed by atoms with E-state index in [9.17, 15) is 4.39 Å². The summed E-state index contributed by atoms with van der Waals surface area (Å²) in [6.07, 6.45) is 4.35. The summed E-state index contributed by atoms with van der Waals surface area (Å²) in [6.45, 7) is 10.9. The van der Waals surface area contributed by atoms with Gasteiger partial charge in [-0.2, -0.15) is 0 Å². The fourth-order valence-corrected chi connectivity index (χ4v) is 3.44. The largest absolute Gasteiger partial charge is 0.369 e. The van der Waals surface area contributed by atoms with Crippen molar-refractivity contribution in [1.29, 1.82) is 0 Å². The third-order valence-corrected chi connectivity index (χ3v) is 4.97. The maximum atomic E-state index is 14.2. The second-order valence-corrected chi connectivity index (χ2v) is 6.55. The van der Waals surface area contributed by atoms with E-state index in [1.807, 2.05) is 0 Å². The molecule has 0 aliphatic carbocycles. The molecule has 1 aliphatic rings. The minimum absolute atomic E-state index is 0.280. The Morgan fingerprint density at radius 3 is 2.33 bits per heavy atom. The highest BCUT2D eigenvalue weighted by molar-refractivity contribution is 5.57. The molecule has 0 atom stereocenters. The second-order valence-electron chi connectivity index (χ2n) is 6.55. The first-order valence-electron chi connectivity index (χ1n) is 8.69. The second kappa shape index (κ2) is 7.49. The molecule has 1 heterocycles. The fourth-order valence-electron chi connectivity index (χ4n) is 3.44. The van der Waals surface area contributed by atoms with Gasteiger partial charge in [0.1, 0.15) is 5.82 Å². The quantitative estimate of drug-likeness (QED) is 0.684. The van der Waals surface area contributed by atoms with E-state index in [-0.39, 0.29) is 5.82 Å². The lowest BCUT2D eigenvalue weighted by Crippen LogP contribution is -2.34. The Morgan fingerprint density at radius 2 is 1.75 bits per heavy atom. The predicted molar refractivity (Wildman–Crippen MR) is 97.1 cm³/mol. The SMILES string of the molecule is [C-]#[N+]c1ccc(N2CCC(Cc3ccc(CC)cc3)CC2)c(F)c1. The van der Waals surface area contributed by atoms with Crippen LogP contribution in [0.1, 0.15) is 30.9 Å². The van der Waals surface area contributed by atoms with Gasteiger partial charge in [-0.1, -0.05) is 37.3 Å². The molecule has 3 rings (SSSR count). The Labute approximate surface area is 143 Å². The Kier molecular flexibility index (Phi) is 5.15. The number of anilines is 1. The van der Waals surface area contributed by atoms with Crippen LogP contribution in [0.2, 0.25) is 0 Å². The number of piperidine rings is 1. The molecule has 0 amide bonds.